The molecule has 2 saturated carbocycles. The SMILES string of the molecule is CCCC1CCC(c2ccc(-c3ccc(C4CCC(CC)CC4)c(F)c3F)c(F)c2F)CC1. The molecule has 2 aromatic carbocycles. The van der Waals surface area contributed by atoms with Gasteiger partial charge in [0.15, 0.2) is 23.3 Å². The van der Waals surface area contributed by atoms with Crippen LogP contribution in [0.15, 0.2) is 24.3 Å². The van der Waals surface area contributed by atoms with Gasteiger partial charge in [0.1, 0.15) is 0 Å². The summed E-state index contributed by atoms with van der Waals surface area (Å²) in [6.45, 7) is 4.33. The van der Waals surface area contributed by atoms with Crippen molar-refractivity contribution >= 4 is 0 Å². The summed E-state index contributed by atoms with van der Waals surface area (Å²) in [5.74, 6) is -2.66. The molecule has 0 saturated heterocycles. The second-order valence-electron chi connectivity index (χ2n) is 10.3. The lowest BCUT2D eigenvalue weighted by atomic mass is 9.76. The van der Waals surface area contributed by atoms with Crippen LogP contribution in [-0.4, -0.2) is 0 Å². The van der Waals surface area contributed by atoms with E-state index in [1.165, 1.54) is 18.6 Å². The molecule has 0 bridgehead atoms. The fraction of sp³-hybridized carbons (Fsp3) is 0.586. The monoisotopic (exact) mass is 460 g/mol. The fourth-order valence-corrected chi connectivity index (χ4v) is 6.23. The Morgan fingerprint density at radius 3 is 1.39 bits per heavy atom. The van der Waals surface area contributed by atoms with Crippen LogP contribution in [0.4, 0.5) is 17.6 Å². The van der Waals surface area contributed by atoms with E-state index >= 15 is 17.6 Å². The summed E-state index contributed by atoms with van der Waals surface area (Å²) in [5, 5.41) is 0. The van der Waals surface area contributed by atoms with Crippen molar-refractivity contribution < 1.29 is 17.6 Å². The normalized spacial score (nSPS) is 25.9. The molecule has 180 valence electrons. The first kappa shape index (κ1) is 24.3. The van der Waals surface area contributed by atoms with Gasteiger partial charge in [-0.15, -0.1) is 0 Å². The minimum absolute atomic E-state index is 0.0103. The van der Waals surface area contributed by atoms with Crippen LogP contribution in [-0.2, 0) is 0 Å². The van der Waals surface area contributed by atoms with Crippen LogP contribution >= 0.6 is 0 Å². The molecular weight excluding hydrogens is 424 g/mol. The zero-order valence-corrected chi connectivity index (χ0v) is 19.9. The van der Waals surface area contributed by atoms with Crippen LogP contribution in [0.25, 0.3) is 11.1 Å². The molecule has 0 heterocycles. The molecule has 0 aromatic heterocycles. The molecule has 0 unspecified atom stereocenters. The Morgan fingerprint density at radius 1 is 0.576 bits per heavy atom. The Hall–Kier alpha value is -1.84. The Balaban J connectivity index is 1.56. The lowest BCUT2D eigenvalue weighted by Crippen LogP contribution is -2.15. The van der Waals surface area contributed by atoms with E-state index in [9.17, 15) is 0 Å². The Labute approximate surface area is 195 Å². The summed E-state index contributed by atoms with van der Waals surface area (Å²) in [7, 11) is 0. The molecule has 0 nitrogen and oxygen atoms in total. The number of rotatable bonds is 6. The first-order chi connectivity index (χ1) is 15.9. The highest BCUT2D eigenvalue weighted by Gasteiger charge is 2.29. The largest absolute Gasteiger partial charge is 0.203 e. The van der Waals surface area contributed by atoms with Crippen molar-refractivity contribution in [1.29, 1.82) is 0 Å². The molecule has 2 aliphatic carbocycles. The van der Waals surface area contributed by atoms with Crippen molar-refractivity contribution in [2.75, 3.05) is 0 Å². The molecular formula is C29H36F4. The number of hydrogen-bond donors (Lipinski definition) is 0. The molecule has 0 N–H and O–H groups in total. The first-order valence-corrected chi connectivity index (χ1v) is 12.9. The van der Waals surface area contributed by atoms with Gasteiger partial charge in [-0.25, -0.2) is 17.6 Å². The molecule has 4 rings (SSSR count). The average Bonchev–Trinajstić information content (AvgIpc) is 2.84. The third kappa shape index (κ3) is 5.00. The number of hydrogen-bond acceptors (Lipinski definition) is 0. The van der Waals surface area contributed by atoms with Crippen molar-refractivity contribution in [3.63, 3.8) is 0 Å². The molecule has 33 heavy (non-hydrogen) atoms. The average molecular weight is 461 g/mol. The quantitative estimate of drug-likeness (QED) is 0.376. The summed E-state index contributed by atoms with van der Waals surface area (Å²) in [5.41, 5.74) is 0.338. The summed E-state index contributed by atoms with van der Waals surface area (Å²) in [4.78, 5) is 0. The lowest BCUT2D eigenvalue weighted by Gasteiger charge is -2.29. The molecule has 2 fully saturated rings. The van der Waals surface area contributed by atoms with Crippen LogP contribution in [0.2, 0.25) is 0 Å². The highest BCUT2D eigenvalue weighted by molar-refractivity contribution is 5.66. The van der Waals surface area contributed by atoms with Crippen LogP contribution in [0, 0.1) is 35.1 Å². The summed E-state index contributed by atoms with van der Waals surface area (Å²) in [6, 6.07) is 6.00. The maximum absolute atomic E-state index is 15.1. The minimum atomic E-state index is -1.07. The van der Waals surface area contributed by atoms with Gasteiger partial charge in [-0.05, 0) is 86.2 Å². The standard InChI is InChI=1S/C29H36F4/c1-3-5-19-8-12-21(13-9-19)23-15-17-25(29(33)27(23)31)24-16-14-22(26(30)28(24)32)20-10-6-18(4-2)7-11-20/h14-21H,3-13H2,1-2H3. The summed E-state index contributed by atoms with van der Waals surface area (Å²) in [6.07, 6.45) is 10.9. The van der Waals surface area contributed by atoms with Gasteiger partial charge < -0.3 is 0 Å². The smallest absolute Gasteiger partial charge is 0.167 e. The maximum Gasteiger partial charge on any atom is 0.167 e. The number of halogens is 4. The third-order valence-corrected chi connectivity index (χ3v) is 8.36. The van der Waals surface area contributed by atoms with Gasteiger partial charge >= 0.3 is 0 Å². The molecule has 2 aromatic rings. The van der Waals surface area contributed by atoms with Gasteiger partial charge in [-0.3, -0.25) is 0 Å². The van der Waals surface area contributed by atoms with Crippen LogP contribution < -0.4 is 0 Å². The molecule has 0 spiro atoms. The van der Waals surface area contributed by atoms with E-state index in [2.05, 4.69) is 13.8 Å². The Kier molecular flexibility index (Phi) is 7.81. The molecule has 0 amide bonds. The first-order valence-electron chi connectivity index (χ1n) is 12.9. The minimum Gasteiger partial charge on any atom is -0.203 e. The van der Waals surface area contributed by atoms with Gasteiger partial charge in [0, 0.05) is 11.1 Å². The van der Waals surface area contributed by atoms with Gasteiger partial charge in [0.05, 0.1) is 0 Å². The molecule has 4 heteroatoms. The molecule has 0 radical (unpaired) electrons. The van der Waals surface area contributed by atoms with Crippen molar-refractivity contribution in [3.05, 3.63) is 58.7 Å². The van der Waals surface area contributed by atoms with Gasteiger partial charge in [0.2, 0.25) is 0 Å². The van der Waals surface area contributed by atoms with Gasteiger partial charge in [0.25, 0.3) is 0 Å². The predicted octanol–water partition coefficient (Wildman–Crippen LogP) is 9.67. The second kappa shape index (κ2) is 10.6. The van der Waals surface area contributed by atoms with Gasteiger partial charge in [-0.1, -0.05) is 57.4 Å². The van der Waals surface area contributed by atoms with Crippen molar-refractivity contribution in [3.8, 4) is 11.1 Å². The molecule has 2 aliphatic rings. The lowest BCUT2D eigenvalue weighted by molar-refractivity contribution is 0.303. The van der Waals surface area contributed by atoms with E-state index < -0.39 is 23.3 Å². The van der Waals surface area contributed by atoms with E-state index in [-0.39, 0.29) is 23.0 Å². The van der Waals surface area contributed by atoms with Crippen LogP contribution in [0.1, 0.15) is 107 Å². The summed E-state index contributed by atoms with van der Waals surface area (Å²) >= 11 is 0. The van der Waals surface area contributed by atoms with Gasteiger partial charge in [-0.2, -0.15) is 0 Å². The van der Waals surface area contributed by atoms with Crippen LogP contribution in [0.5, 0.6) is 0 Å². The van der Waals surface area contributed by atoms with E-state index in [1.54, 1.807) is 12.1 Å². The van der Waals surface area contributed by atoms with Crippen molar-refractivity contribution in [2.24, 2.45) is 11.8 Å². The topological polar surface area (TPSA) is 0 Å². The van der Waals surface area contributed by atoms with Crippen LogP contribution in [0.3, 0.4) is 0 Å². The third-order valence-electron chi connectivity index (χ3n) is 8.36. The zero-order chi connectivity index (χ0) is 23.5. The highest BCUT2D eigenvalue weighted by atomic mass is 19.2. The molecule has 0 atom stereocenters. The van der Waals surface area contributed by atoms with Crippen molar-refractivity contribution in [2.45, 2.75) is 96.3 Å². The maximum atomic E-state index is 15.1. The van der Waals surface area contributed by atoms with E-state index in [1.807, 2.05) is 0 Å². The van der Waals surface area contributed by atoms with E-state index in [4.69, 9.17) is 0 Å². The fourth-order valence-electron chi connectivity index (χ4n) is 6.23. The zero-order valence-electron chi connectivity index (χ0n) is 19.9. The van der Waals surface area contributed by atoms with E-state index in [0.29, 0.717) is 23.0 Å². The Morgan fingerprint density at radius 2 is 1.00 bits per heavy atom. The second-order valence-corrected chi connectivity index (χ2v) is 10.3. The number of benzene rings is 2. The highest BCUT2D eigenvalue weighted by Crippen LogP contribution is 2.42. The predicted molar refractivity (Wildman–Crippen MR) is 126 cm³/mol. The van der Waals surface area contributed by atoms with Crippen molar-refractivity contribution in [1.82, 2.24) is 0 Å². The Bertz CT molecular complexity index is 951. The van der Waals surface area contributed by atoms with E-state index in [0.717, 1.165) is 64.2 Å². The molecule has 0 aliphatic heterocycles. The summed E-state index contributed by atoms with van der Waals surface area (Å²) < 4.78 is 60.2.